The smallest absolute Gasteiger partial charge is 0.255 e. The van der Waals surface area contributed by atoms with Gasteiger partial charge in [-0.2, -0.15) is 0 Å². The number of carbonyl (C=O) groups is 1. The van der Waals surface area contributed by atoms with Crippen LogP contribution in [0.3, 0.4) is 0 Å². The van der Waals surface area contributed by atoms with E-state index in [-0.39, 0.29) is 58.2 Å². The zero-order valence-electron chi connectivity index (χ0n) is 20.0. The van der Waals surface area contributed by atoms with E-state index in [1.807, 2.05) is 6.92 Å². The Hall–Kier alpha value is -3.03. The van der Waals surface area contributed by atoms with E-state index in [0.717, 1.165) is 6.07 Å². The van der Waals surface area contributed by atoms with Crippen LogP contribution in [0.15, 0.2) is 35.2 Å². The molecule has 14 heteroatoms. The lowest BCUT2D eigenvalue weighted by atomic mass is 9.71. The largest absolute Gasteiger partial charge is 0.389 e. The maximum absolute atomic E-state index is 13.7. The molecule has 0 radical (unpaired) electrons. The highest BCUT2D eigenvalue weighted by molar-refractivity contribution is 7.92. The fourth-order valence-corrected chi connectivity index (χ4v) is 8.35. The maximum atomic E-state index is 13.7. The molecule has 0 spiro atoms. The molecule has 0 saturated heterocycles. The van der Waals surface area contributed by atoms with Crippen molar-refractivity contribution in [2.24, 2.45) is 17.8 Å². The minimum Gasteiger partial charge on any atom is -0.389 e. The van der Waals surface area contributed by atoms with Crippen LogP contribution in [-0.2, 0) is 16.3 Å². The normalized spacial score (nSPS) is 26.9. The van der Waals surface area contributed by atoms with Crippen LogP contribution in [0.1, 0.15) is 42.4 Å². The second-order valence-electron chi connectivity index (χ2n) is 10.0. The van der Waals surface area contributed by atoms with Crippen molar-refractivity contribution in [2.75, 3.05) is 5.32 Å². The van der Waals surface area contributed by atoms with Crippen molar-refractivity contribution in [2.45, 2.75) is 48.4 Å². The highest BCUT2D eigenvalue weighted by atomic mass is 35.5. The number of sulfone groups is 1. The zero-order chi connectivity index (χ0) is 27.4. The molecule has 2 unspecified atom stereocenters. The number of rotatable bonds is 6. The molecule has 0 aliphatic heterocycles. The molecule has 9 nitrogen and oxygen atoms in total. The lowest BCUT2D eigenvalue weighted by Crippen LogP contribution is -2.50. The number of benzene rings is 2. The molecule has 2 aromatic carbocycles. The molecule has 2 saturated carbocycles. The molecular formula is C24H23ClF3N5O4S. The van der Waals surface area contributed by atoms with Gasteiger partial charge in [0.1, 0.15) is 0 Å². The Kier molecular flexibility index (Phi) is 6.72. The number of anilines is 1. The van der Waals surface area contributed by atoms with Gasteiger partial charge in [-0.05, 0) is 65.6 Å². The Morgan fingerprint density at radius 3 is 2.53 bits per heavy atom. The number of hydrogen-bond donors (Lipinski definition) is 3. The zero-order valence-corrected chi connectivity index (χ0v) is 21.5. The highest BCUT2D eigenvalue weighted by Crippen LogP contribution is 2.55. The minimum absolute atomic E-state index is 0.0603. The number of carbonyl (C=O) groups excluding carboxylic acids is 1. The fourth-order valence-electron chi connectivity index (χ4n) is 5.97. The van der Waals surface area contributed by atoms with Crippen molar-refractivity contribution in [3.63, 3.8) is 0 Å². The van der Waals surface area contributed by atoms with Gasteiger partial charge in [-0.3, -0.25) is 4.79 Å². The Balaban J connectivity index is 1.40. The van der Waals surface area contributed by atoms with E-state index < -0.39 is 44.0 Å². The number of tetrazole rings is 1. The van der Waals surface area contributed by atoms with Crippen LogP contribution in [-0.4, -0.2) is 50.9 Å². The fraction of sp³-hybridized carbons (Fsp3) is 0.417. The first kappa shape index (κ1) is 26.6. The molecule has 2 aliphatic rings. The minimum atomic E-state index is -4.04. The molecule has 38 heavy (non-hydrogen) atoms. The summed E-state index contributed by atoms with van der Waals surface area (Å²) in [6, 6.07) is 4.85. The van der Waals surface area contributed by atoms with Crippen molar-refractivity contribution < 1.29 is 31.5 Å². The molecule has 2 aliphatic carbocycles. The standard InChI is InChI=1S/C24H23ClF3N5O4S/c1-11-4-13-6-15(9-16(11)24(13,35)10-21-30-32-33-31-21)38(36,37)20-5-12(2-3-17(20)25)23(34)29-14-7-18(26)22(28)19(27)8-14/h2-3,5,7-8,11,13,15-16,35H,4,6,9-10H2,1H3,(H,29,34)(H,30,31,32,33)/t11-,13?,15?,16+,24+/m0/s1. The summed E-state index contributed by atoms with van der Waals surface area (Å²) in [5.74, 6) is -5.69. The molecule has 202 valence electrons. The molecule has 3 N–H and O–H groups in total. The number of halogens is 4. The van der Waals surface area contributed by atoms with Gasteiger partial charge in [0, 0.05) is 29.8 Å². The van der Waals surface area contributed by atoms with Gasteiger partial charge in [0.2, 0.25) is 0 Å². The highest BCUT2D eigenvalue weighted by Gasteiger charge is 2.58. The Bertz CT molecular complexity index is 1480. The van der Waals surface area contributed by atoms with E-state index in [1.165, 1.54) is 12.1 Å². The van der Waals surface area contributed by atoms with Crippen molar-refractivity contribution >= 4 is 33.0 Å². The molecule has 5 rings (SSSR count). The topological polar surface area (TPSA) is 138 Å². The molecule has 5 atom stereocenters. The van der Waals surface area contributed by atoms with Crippen LogP contribution in [0.5, 0.6) is 0 Å². The number of amides is 1. The molecule has 2 fully saturated rings. The third-order valence-corrected chi connectivity index (χ3v) is 10.4. The first-order valence-corrected chi connectivity index (χ1v) is 13.8. The number of aliphatic hydroxyl groups is 1. The third kappa shape index (κ3) is 4.56. The van der Waals surface area contributed by atoms with E-state index in [1.54, 1.807) is 0 Å². The van der Waals surface area contributed by atoms with Crippen LogP contribution in [0.4, 0.5) is 18.9 Å². The van der Waals surface area contributed by atoms with Gasteiger partial charge < -0.3 is 10.4 Å². The summed E-state index contributed by atoms with van der Waals surface area (Å²) in [7, 11) is -4.04. The van der Waals surface area contributed by atoms with Gasteiger partial charge >= 0.3 is 0 Å². The number of hydrogen-bond acceptors (Lipinski definition) is 7. The van der Waals surface area contributed by atoms with Crippen molar-refractivity contribution in [3.05, 3.63) is 64.2 Å². The number of nitrogens with one attached hydrogen (secondary N) is 2. The SMILES string of the molecule is C[C@H]1CC2CC(S(=O)(=O)c3cc(C(=O)Nc4cc(F)c(F)c(F)c4)ccc3Cl)C[C@H]1[C@@]2(O)Cc1nnn[nH]1. The molecular weight excluding hydrogens is 547 g/mol. The van der Waals surface area contributed by atoms with Crippen LogP contribution in [0.2, 0.25) is 5.02 Å². The van der Waals surface area contributed by atoms with E-state index in [0.29, 0.717) is 24.4 Å². The van der Waals surface area contributed by atoms with Crippen LogP contribution < -0.4 is 5.32 Å². The average Bonchev–Trinajstić information content (AvgIpc) is 3.37. The number of fused-ring (bicyclic) bond motifs is 2. The molecule has 2 bridgehead atoms. The third-order valence-electron chi connectivity index (χ3n) is 7.78. The van der Waals surface area contributed by atoms with Crippen molar-refractivity contribution in [1.29, 1.82) is 0 Å². The van der Waals surface area contributed by atoms with Crippen molar-refractivity contribution in [1.82, 2.24) is 20.6 Å². The molecule has 1 aromatic heterocycles. The number of aromatic nitrogens is 4. The summed E-state index contributed by atoms with van der Waals surface area (Å²) in [6.45, 7) is 1.97. The lowest BCUT2D eigenvalue weighted by Gasteiger charge is -2.42. The Labute approximate surface area is 220 Å². The predicted molar refractivity (Wildman–Crippen MR) is 130 cm³/mol. The first-order valence-electron chi connectivity index (χ1n) is 11.8. The summed E-state index contributed by atoms with van der Waals surface area (Å²) < 4.78 is 67.8. The summed E-state index contributed by atoms with van der Waals surface area (Å²) in [5.41, 5.74) is -1.64. The summed E-state index contributed by atoms with van der Waals surface area (Å²) in [6.07, 6.45) is 1.17. The summed E-state index contributed by atoms with van der Waals surface area (Å²) in [4.78, 5) is 12.5. The number of H-pyrrole nitrogens is 1. The second-order valence-corrected chi connectivity index (χ2v) is 12.6. The van der Waals surface area contributed by atoms with Crippen molar-refractivity contribution in [3.8, 4) is 0 Å². The maximum Gasteiger partial charge on any atom is 0.255 e. The van der Waals surface area contributed by atoms with E-state index >= 15 is 0 Å². The van der Waals surface area contributed by atoms with Crippen LogP contribution in [0.25, 0.3) is 0 Å². The monoisotopic (exact) mass is 569 g/mol. The second kappa shape index (κ2) is 9.62. The molecule has 1 amide bonds. The lowest BCUT2D eigenvalue weighted by molar-refractivity contribution is -0.0641. The van der Waals surface area contributed by atoms with Crippen LogP contribution >= 0.6 is 11.6 Å². The predicted octanol–water partition coefficient (Wildman–Crippen LogP) is 3.70. The summed E-state index contributed by atoms with van der Waals surface area (Å²) >= 11 is 6.26. The average molecular weight is 570 g/mol. The van der Waals surface area contributed by atoms with E-state index in [9.17, 15) is 31.5 Å². The van der Waals surface area contributed by atoms with Gasteiger partial charge in [0.25, 0.3) is 5.91 Å². The number of aromatic amines is 1. The van der Waals surface area contributed by atoms with Gasteiger partial charge in [-0.1, -0.05) is 18.5 Å². The summed E-state index contributed by atoms with van der Waals surface area (Å²) in [5, 5.41) is 26.5. The number of nitrogens with zero attached hydrogens (tertiary/aromatic N) is 3. The van der Waals surface area contributed by atoms with Gasteiger partial charge in [-0.25, -0.2) is 26.7 Å². The van der Waals surface area contributed by atoms with E-state index in [4.69, 9.17) is 11.6 Å². The van der Waals surface area contributed by atoms with Gasteiger partial charge in [0.15, 0.2) is 33.1 Å². The quantitative estimate of drug-likeness (QED) is 0.385. The molecule has 1 heterocycles. The first-order chi connectivity index (χ1) is 17.9. The van der Waals surface area contributed by atoms with Gasteiger partial charge in [0.05, 0.1) is 20.8 Å². The Morgan fingerprint density at radius 1 is 1.18 bits per heavy atom. The molecule has 3 aromatic rings. The van der Waals surface area contributed by atoms with E-state index in [2.05, 4.69) is 25.9 Å². The van der Waals surface area contributed by atoms with Gasteiger partial charge in [-0.15, -0.1) is 5.10 Å². The van der Waals surface area contributed by atoms with Crippen LogP contribution in [0, 0.1) is 35.2 Å². The Morgan fingerprint density at radius 2 is 1.89 bits per heavy atom.